The average molecular weight is 576 g/mol. The highest BCUT2D eigenvalue weighted by atomic mass is 16.5. The maximum absolute atomic E-state index is 13.6. The van der Waals surface area contributed by atoms with Crippen LogP contribution in [0.15, 0.2) is 24.3 Å². The molecule has 42 heavy (non-hydrogen) atoms. The Morgan fingerprint density at radius 3 is 2.57 bits per heavy atom. The number of hydrogen-bond acceptors (Lipinski definition) is 8. The van der Waals surface area contributed by atoms with Gasteiger partial charge in [0.2, 0.25) is 11.9 Å². The van der Waals surface area contributed by atoms with Gasteiger partial charge in [0.05, 0.1) is 29.5 Å². The summed E-state index contributed by atoms with van der Waals surface area (Å²) in [4.78, 5) is 48.6. The molecule has 1 aromatic heterocycles. The van der Waals surface area contributed by atoms with Gasteiger partial charge in [-0.1, -0.05) is 12.1 Å². The number of aryl methyl sites for hydroxylation is 3. The first-order chi connectivity index (χ1) is 20.1. The fourth-order valence-electron chi connectivity index (χ4n) is 9.05. The molecule has 6 atom stereocenters. The Morgan fingerprint density at radius 1 is 1.07 bits per heavy atom. The number of rotatable bonds is 11. The molecule has 0 radical (unpaired) electrons. The molecule has 6 rings (SSSR count). The van der Waals surface area contributed by atoms with Crippen LogP contribution in [0.4, 0.5) is 5.95 Å². The Bertz CT molecular complexity index is 1380. The molecule has 10 heteroatoms. The van der Waals surface area contributed by atoms with Crippen LogP contribution in [0.5, 0.6) is 5.75 Å². The SMILES string of the molecule is COC(=O)[C@H](CNC(=O)C12CC3CC4CC(C1)C2(C4)C3)NC(=O)c1c(C)nc(NCCCc2cccc(O)c2)nc1C. The van der Waals surface area contributed by atoms with E-state index < -0.39 is 17.9 Å². The predicted octanol–water partition coefficient (Wildman–Crippen LogP) is 3.45. The number of phenolic OH excluding ortho intramolecular Hbond substituents is 1. The van der Waals surface area contributed by atoms with Crippen molar-refractivity contribution in [2.45, 2.75) is 71.3 Å². The molecule has 2 aromatic rings. The normalized spacial score (nSPS) is 28.9. The third-order valence-corrected chi connectivity index (χ3v) is 10.6. The average Bonchev–Trinajstić information content (AvgIpc) is 3.27. The second-order valence-corrected chi connectivity index (χ2v) is 13.0. The van der Waals surface area contributed by atoms with E-state index in [1.807, 2.05) is 12.1 Å². The van der Waals surface area contributed by atoms with E-state index in [2.05, 4.69) is 25.9 Å². The number of aromatic hydroxyl groups is 1. The first-order valence-corrected chi connectivity index (χ1v) is 15.2. The monoisotopic (exact) mass is 575 g/mol. The van der Waals surface area contributed by atoms with Gasteiger partial charge in [0.25, 0.3) is 5.91 Å². The number of phenols is 1. The molecule has 5 unspecified atom stereocenters. The van der Waals surface area contributed by atoms with Crippen molar-refractivity contribution < 1.29 is 24.2 Å². The number of carbonyl (C=O) groups excluding carboxylic acids is 3. The van der Waals surface area contributed by atoms with Crippen LogP contribution in [-0.4, -0.2) is 59.1 Å². The van der Waals surface area contributed by atoms with Gasteiger partial charge in [0.1, 0.15) is 11.8 Å². The molecule has 4 saturated carbocycles. The lowest BCUT2D eigenvalue weighted by molar-refractivity contribution is -0.161. The molecule has 0 saturated heterocycles. The number of hydrogen-bond donors (Lipinski definition) is 4. The van der Waals surface area contributed by atoms with Crippen molar-refractivity contribution in [1.29, 1.82) is 0 Å². The van der Waals surface area contributed by atoms with E-state index in [4.69, 9.17) is 4.74 Å². The summed E-state index contributed by atoms with van der Waals surface area (Å²) < 4.78 is 4.97. The molecule has 4 N–H and O–H groups in total. The third kappa shape index (κ3) is 4.78. The van der Waals surface area contributed by atoms with Crippen LogP contribution in [0.2, 0.25) is 0 Å². The van der Waals surface area contributed by atoms with Gasteiger partial charge < -0.3 is 25.8 Å². The molecule has 4 aliphatic carbocycles. The van der Waals surface area contributed by atoms with Crippen molar-refractivity contribution in [2.24, 2.45) is 28.6 Å². The topological polar surface area (TPSA) is 143 Å². The molecule has 1 spiro atoms. The Balaban J connectivity index is 1.06. The van der Waals surface area contributed by atoms with Crippen molar-refractivity contribution >= 4 is 23.7 Å². The second kappa shape index (κ2) is 10.9. The van der Waals surface area contributed by atoms with Crippen LogP contribution in [0.3, 0.4) is 0 Å². The van der Waals surface area contributed by atoms with Crippen LogP contribution >= 0.6 is 0 Å². The quantitative estimate of drug-likeness (QED) is 0.236. The predicted molar refractivity (Wildman–Crippen MR) is 156 cm³/mol. The molecule has 4 fully saturated rings. The summed E-state index contributed by atoms with van der Waals surface area (Å²) in [6, 6.07) is 6.16. The van der Waals surface area contributed by atoms with E-state index in [-0.39, 0.29) is 29.0 Å². The molecular weight excluding hydrogens is 534 g/mol. The Labute approximate surface area is 246 Å². The van der Waals surface area contributed by atoms with Crippen LogP contribution in [0, 0.1) is 42.4 Å². The van der Waals surface area contributed by atoms with Crippen LogP contribution in [0.25, 0.3) is 0 Å². The van der Waals surface area contributed by atoms with Gasteiger partial charge in [-0.05, 0) is 106 Å². The number of esters is 1. The standard InChI is InChI=1S/C32H41N5O5/c1-18-26(19(2)36-30(35-18)33-9-5-7-20-6-4-8-24(38)12-20)27(39)37-25(28(40)42-3)17-34-29(41)32-15-22-10-21-11-23(16-32)31(32,13-21)14-22/h4,6,8,12,21-23,25,38H,5,7,9-11,13-17H2,1-3H3,(H,34,41)(H,37,39)(H,33,35,36)/t21?,22?,23?,25-,31?,32?/m0/s1. The molecule has 4 aliphatic rings. The summed E-state index contributed by atoms with van der Waals surface area (Å²) in [7, 11) is 1.27. The van der Waals surface area contributed by atoms with Gasteiger partial charge in [0.15, 0.2) is 0 Å². The molecule has 0 aliphatic heterocycles. The number of fused-ring (bicyclic) bond motifs is 2. The van der Waals surface area contributed by atoms with Gasteiger partial charge in [-0.3, -0.25) is 9.59 Å². The minimum atomic E-state index is -1.03. The largest absolute Gasteiger partial charge is 0.508 e. The van der Waals surface area contributed by atoms with Crippen molar-refractivity contribution in [1.82, 2.24) is 20.6 Å². The van der Waals surface area contributed by atoms with E-state index >= 15 is 0 Å². The summed E-state index contributed by atoms with van der Waals surface area (Å²) in [6.45, 7) is 4.06. The highest BCUT2D eigenvalue weighted by Crippen LogP contribution is 2.81. The summed E-state index contributed by atoms with van der Waals surface area (Å²) in [5, 5.41) is 18.6. The van der Waals surface area contributed by atoms with E-state index in [0.717, 1.165) is 37.2 Å². The lowest BCUT2D eigenvalue weighted by Gasteiger charge is -2.57. The van der Waals surface area contributed by atoms with Crippen LogP contribution in [0.1, 0.15) is 72.3 Å². The summed E-state index contributed by atoms with van der Waals surface area (Å²) in [5.74, 6) is 1.68. The Kier molecular flexibility index (Phi) is 7.35. The van der Waals surface area contributed by atoms with Gasteiger partial charge in [0, 0.05) is 13.1 Å². The molecular formula is C32H41N5O5. The number of benzene rings is 1. The number of ether oxygens (including phenoxy) is 1. The molecule has 10 nitrogen and oxygen atoms in total. The number of nitrogens with zero attached hydrogens (tertiary/aromatic N) is 2. The zero-order chi connectivity index (χ0) is 29.6. The first-order valence-electron chi connectivity index (χ1n) is 15.2. The Morgan fingerprint density at radius 2 is 1.83 bits per heavy atom. The maximum Gasteiger partial charge on any atom is 0.330 e. The molecule has 1 aromatic carbocycles. The minimum absolute atomic E-state index is 0.0222. The number of aromatic nitrogens is 2. The number of amides is 2. The second-order valence-electron chi connectivity index (χ2n) is 13.0. The van der Waals surface area contributed by atoms with E-state index in [9.17, 15) is 19.5 Å². The maximum atomic E-state index is 13.6. The van der Waals surface area contributed by atoms with Gasteiger partial charge in [-0.25, -0.2) is 14.8 Å². The van der Waals surface area contributed by atoms with E-state index in [0.29, 0.717) is 41.3 Å². The van der Waals surface area contributed by atoms with Crippen molar-refractivity contribution in [3.05, 3.63) is 46.8 Å². The summed E-state index contributed by atoms with van der Waals surface area (Å²) in [6.07, 6.45) is 8.35. The fourth-order valence-corrected chi connectivity index (χ4v) is 9.05. The highest BCUT2D eigenvalue weighted by molar-refractivity contribution is 5.99. The summed E-state index contributed by atoms with van der Waals surface area (Å²) >= 11 is 0. The molecule has 3 bridgehead atoms. The smallest absolute Gasteiger partial charge is 0.330 e. The van der Waals surface area contributed by atoms with Gasteiger partial charge >= 0.3 is 5.97 Å². The molecule has 1 heterocycles. The number of anilines is 1. The number of nitrogens with one attached hydrogen (secondary N) is 3. The number of carbonyl (C=O) groups is 3. The van der Waals surface area contributed by atoms with Crippen molar-refractivity contribution in [3.8, 4) is 5.75 Å². The van der Waals surface area contributed by atoms with Gasteiger partial charge in [-0.15, -0.1) is 0 Å². The minimum Gasteiger partial charge on any atom is -0.508 e. The van der Waals surface area contributed by atoms with Crippen molar-refractivity contribution in [2.75, 3.05) is 25.5 Å². The fraction of sp³-hybridized carbons (Fsp3) is 0.594. The van der Waals surface area contributed by atoms with E-state index in [1.54, 1.807) is 26.0 Å². The Hall–Kier alpha value is -3.69. The van der Waals surface area contributed by atoms with Crippen molar-refractivity contribution in [3.63, 3.8) is 0 Å². The lowest BCUT2D eigenvalue weighted by atomic mass is 9.46. The number of methoxy groups -OCH3 is 1. The third-order valence-electron chi connectivity index (χ3n) is 10.6. The van der Waals surface area contributed by atoms with Gasteiger partial charge in [-0.2, -0.15) is 0 Å². The zero-order valence-electron chi connectivity index (χ0n) is 24.7. The highest BCUT2D eigenvalue weighted by Gasteiger charge is 2.76. The van der Waals surface area contributed by atoms with Crippen LogP contribution in [-0.2, 0) is 20.7 Å². The summed E-state index contributed by atoms with van der Waals surface area (Å²) in [5.41, 5.74) is 2.14. The molecule has 224 valence electrons. The van der Waals surface area contributed by atoms with Crippen LogP contribution < -0.4 is 16.0 Å². The first kappa shape index (κ1) is 28.4. The molecule has 2 amide bonds. The lowest BCUT2D eigenvalue weighted by Crippen LogP contribution is -2.61. The zero-order valence-corrected chi connectivity index (χ0v) is 24.7. The van der Waals surface area contributed by atoms with E-state index in [1.165, 1.54) is 32.8 Å².